The molecule has 0 saturated heterocycles. The molecule has 1 aliphatic rings. The minimum Gasteiger partial charge on any atom is -0.493 e. The van der Waals surface area contributed by atoms with Gasteiger partial charge in [0.25, 0.3) is 11.8 Å². The van der Waals surface area contributed by atoms with Crippen LogP contribution in [0.3, 0.4) is 0 Å². The Balaban J connectivity index is 1.79. The summed E-state index contributed by atoms with van der Waals surface area (Å²) in [5, 5.41) is 9.05. The van der Waals surface area contributed by atoms with Crippen LogP contribution < -0.4 is 34.9 Å². The number of nitrogens with one attached hydrogen (secondary N) is 3. The highest BCUT2D eigenvalue weighted by Gasteiger charge is 2.32. The number of hydrogen-bond acceptors (Lipinski definition) is 9. The van der Waals surface area contributed by atoms with E-state index < -0.39 is 29.7 Å². The number of ether oxygens (including phenoxy) is 4. The summed E-state index contributed by atoms with van der Waals surface area (Å²) in [7, 11) is 7.00. The number of fused-ring (bicyclic) bond motifs is 1. The Morgan fingerprint density at radius 3 is 2.18 bits per heavy atom. The lowest BCUT2D eigenvalue weighted by Crippen LogP contribution is -2.44. The fourth-order valence-electron chi connectivity index (χ4n) is 4.72. The lowest BCUT2D eigenvalue weighted by atomic mass is 10.1. The van der Waals surface area contributed by atoms with Crippen molar-refractivity contribution in [3.63, 3.8) is 0 Å². The largest absolute Gasteiger partial charge is 0.493 e. The Labute approximate surface area is 268 Å². The fraction of sp³-hybridized carbons (Fsp3) is 0.290. The number of anilines is 2. The maximum atomic E-state index is 13.7. The SMILES string of the molecule is COc1cc(C(=O)Nc2cc3c(cc2Oc2cc(C)cc(C)c2)C(=O)N[C@@H](CC(=O)N(C)OC)C(=O)N3)c(Br)c(OC)c1OC. The number of rotatable bonds is 10. The van der Waals surface area contributed by atoms with Crippen LogP contribution in [0.5, 0.6) is 28.7 Å². The standard InChI is InChI=1S/C31H33BrN4O9/c1-15-8-16(2)10-17(9-15)45-23-11-18-20(33-31(40)22(35-29(18)38)14-25(37)36(3)44-7)13-21(23)34-30(39)19-12-24(41-4)27(42-5)28(43-6)26(19)32/h8-13,22H,14H2,1-7H3,(H,33,40)(H,34,39)(H,35,38)/t22-/m0/s1. The summed E-state index contributed by atoms with van der Waals surface area (Å²) in [5.74, 6) is -1.03. The molecule has 14 heteroatoms. The number of hydrogen-bond donors (Lipinski definition) is 3. The van der Waals surface area contributed by atoms with Crippen LogP contribution in [0.4, 0.5) is 11.4 Å². The van der Waals surface area contributed by atoms with Crippen molar-refractivity contribution < 1.29 is 43.0 Å². The molecule has 3 aromatic rings. The van der Waals surface area contributed by atoms with Crippen LogP contribution in [-0.4, -0.2) is 70.2 Å². The summed E-state index contributed by atoms with van der Waals surface area (Å²) in [5.41, 5.74) is 2.31. The molecule has 1 heterocycles. The maximum Gasteiger partial charge on any atom is 0.257 e. The minimum atomic E-state index is -1.19. The third kappa shape index (κ3) is 7.13. The maximum absolute atomic E-state index is 13.7. The Hall–Kier alpha value is -4.82. The van der Waals surface area contributed by atoms with E-state index in [0.29, 0.717) is 10.2 Å². The first-order valence-corrected chi connectivity index (χ1v) is 14.4. The molecule has 1 atom stereocenters. The zero-order valence-corrected chi connectivity index (χ0v) is 27.3. The molecule has 3 aromatic carbocycles. The van der Waals surface area contributed by atoms with Crippen LogP contribution in [-0.2, 0) is 14.4 Å². The number of methoxy groups -OCH3 is 3. The number of amides is 4. The molecule has 238 valence electrons. The monoisotopic (exact) mass is 684 g/mol. The molecular formula is C31H33BrN4O9. The van der Waals surface area contributed by atoms with Crippen molar-refractivity contribution in [3.05, 3.63) is 63.1 Å². The summed E-state index contributed by atoms with van der Waals surface area (Å²) >= 11 is 3.42. The van der Waals surface area contributed by atoms with Gasteiger partial charge >= 0.3 is 0 Å². The quantitative estimate of drug-likeness (QED) is 0.260. The summed E-state index contributed by atoms with van der Waals surface area (Å²) in [6, 6.07) is 8.69. The van der Waals surface area contributed by atoms with Crippen molar-refractivity contribution in [2.45, 2.75) is 26.3 Å². The van der Waals surface area contributed by atoms with Gasteiger partial charge in [-0.25, -0.2) is 5.06 Å². The van der Waals surface area contributed by atoms with Crippen LogP contribution in [0, 0.1) is 13.8 Å². The van der Waals surface area contributed by atoms with E-state index in [-0.39, 0.29) is 51.9 Å². The molecular weight excluding hydrogens is 652 g/mol. The van der Waals surface area contributed by atoms with Gasteiger partial charge in [-0.05, 0) is 71.2 Å². The van der Waals surface area contributed by atoms with Crippen molar-refractivity contribution in [1.82, 2.24) is 10.4 Å². The summed E-state index contributed by atoms with van der Waals surface area (Å²) in [4.78, 5) is 57.5. The molecule has 13 nitrogen and oxygen atoms in total. The van der Waals surface area contributed by atoms with E-state index in [9.17, 15) is 19.2 Å². The Kier molecular flexibility index (Phi) is 10.2. The van der Waals surface area contributed by atoms with Gasteiger partial charge in [0.1, 0.15) is 11.8 Å². The van der Waals surface area contributed by atoms with E-state index >= 15 is 0 Å². The molecule has 0 bridgehead atoms. The molecule has 0 aliphatic carbocycles. The zero-order chi connectivity index (χ0) is 33.0. The van der Waals surface area contributed by atoms with Gasteiger partial charge in [-0.15, -0.1) is 0 Å². The molecule has 0 aromatic heterocycles. The number of hydroxylamine groups is 2. The minimum absolute atomic E-state index is 0.0599. The molecule has 0 spiro atoms. The number of carbonyl (C=O) groups excluding carboxylic acids is 4. The smallest absolute Gasteiger partial charge is 0.257 e. The average Bonchev–Trinajstić information content (AvgIpc) is 3.10. The molecule has 0 fully saturated rings. The molecule has 3 N–H and O–H groups in total. The van der Waals surface area contributed by atoms with Crippen molar-refractivity contribution in [3.8, 4) is 28.7 Å². The second kappa shape index (κ2) is 13.9. The van der Waals surface area contributed by atoms with Gasteiger partial charge in [0, 0.05) is 7.05 Å². The normalized spacial score (nSPS) is 13.9. The number of carbonyl (C=O) groups is 4. The summed E-state index contributed by atoms with van der Waals surface area (Å²) < 4.78 is 22.8. The highest BCUT2D eigenvalue weighted by Crippen LogP contribution is 2.45. The van der Waals surface area contributed by atoms with E-state index in [4.69, 9.17) is 23.8 Å². The molecule has 4 rings (SSSR count). The third-order valence-corrected chi connectivity index (χ3v) is 7.72. The lowest BCUT2D eigenvalue weighted by molar-refractivity contribution is -0.169. The van der Waals surface area contributed by atoms with Gasteiger partial charge in [0.2, 0.25) is 17.6 Å². The molecule has 0 radical (unpaired) electrons. The van der Waals surface area contributed by atoms with E-state index in [1.54, 1.807) is 12.1 Å². The molecule has 0 saturated carbocycles. The molecule has 1 aliphatic heterocycles. The van der Waals surface area contributed by atoms with Crippen LogP contribution in [0.25, 0.3) is 0 Å². The average molecular weight is 686 g/mol. The highest BCUT2D eigenvalue weighted by molar-refractivity contribution is 9.10. The summed E-state index contributed by atoms with van der Waals surface area (Å²) in [6.07, 6.45) is -0.347. The van der Waals surface area contributed by atoms with Crippen LogP contribution >= 0.6 is 15.9 Å². The van der Waals surface area contributed by atoms with Crippen LogP contribution in [0.2, 0.25) is 0 Å². The zero-order valence-electron chi connectivity index (χ0n) is 25.7. The fourth-order valence-corrected chi connectivity index (χ4v) is 5.35. The van der Waals surface area contributed by atoms with Gasteiger partial charge in [-0.3, -0.25) is 24.0 Å². The van der Waals surface area contributed by atoms with Gasteiger partial charge in [0.15, 0.2) is 17.2 Å². The lowest BCUT2D eigenvalue weighted by Gasteiger charge is -2.19. The predicted molar refractivity (Wildman–Crippen MR) is 168 cm³/mol. The molecule has 4 amide bonds. The molecule has 45 heavy (non-hydrogen) atoms. The number of benzene rings is 3. The summed E-state index contributed by atoms with van der Waals surface area (Å²) in [6.45, 7) is 3.82. The first-order chi connectivity index (χ1) is 21.4. The van der Waals surface area contributed by atoms with Crippen molar-refractivity contribution in [2.24, 2.45) is 0 Å². The number of nitrogens with zero attached hydrogens (tertiary/aromatic N) is 1. The first kappa shape index (κ1) is 33.1. The Morgan fingerprint density at radius 1 is 0.911 bits per heavy atom. The van der Waals surface area contributed by atoms with Gasteiger partial charge in [-0.1, -0.05) is 6.07 Å². The topological polar surface area (TPSA) is 154 Å². The number of halogens is 1. The van der Waals surface area contributed by atoms with E-state index in [1.807, 2.05) is 19.9 Å². The van der Waals surface area contributed by atoms with Crippen LogP contribution in [0.1, 0.15) is 38.3 Å². The van der Waals surface area contributed by atoms with Gasteiger partial charge < -0.3 is 34.9 Å². The van der Waals surface area contributed by atoms with Crippen molar-refractivity contribution in [1.29, 1.82) is 0 Å². The van der Waals surface area contributed by atoms with Crippen molar-refractivity contribution >= 4 is 50.9 Å². The van der Waals surface area contributed by atoms with Gasteiger partial charge in [0.05, 0.1) is 61.8 Å². The second-order valence-corrected chi connectivity index (χ2v) is 10.9. The highest BCUT2D eigenvalue weighted by atomic mass is 79.9. The van der Waals surface area contributed by atoms with E-state index in [1.165, 1.54) is 53.7 Å². The number of aryl methyl sites for hydroxylation is 2. The van der Waals surface area contributed by atoms with Crippen molar-refractivity contribution in [2.75, 3.05) is 46.1 Å². The first-order valence-electron chi connectivity index (χ1n) is 13.6. The second-order valence-electron chi connectivity index (χ2n) is 10.1. The third-order valence-electron chi connectivity index (χ3n) is 6.93. The molecule has 0 unspecified atom stereocenters. The van der Waals surface area contributed by atoms with Crippen LogP contribution in [0.15, 0.2) is 40.9 Å². The van der Waals surface area contributed by atoms with E-state index in [2.05, 4.69) is 31.9 Å². The Bertz CT molecular complexity index is 1660. The van der Waals surface area contributed by atoms with Gasteiger partial charge in [-0.2, -0.15) is 0 Å². The predicted octanol–water partition coefficient (Wildman–Crippen LogP) is 4.60. The Morgan fingerprint density at radius 2 is 1.58 bits per heavy atom. The van der Waals surface area contributed by atoms with E-state index in [0.717, 1.165) is 16.2 Å².